The Labute approximate surface area is 474 Å². The van der Waals surface area contributed by atoms with Crippen LogP contribution in [0.15, 0.2) is 36.5 Å². The second kappa shape index (κ2) is 65.6. The quantitative estimate of drug-likeness (QED) is 0.0320. The lowest BCUT2D eigenvalue weighted by atomic mass is 10.0. The van der Waals surface area contributed by atoms with Crippen molar-refractivity contribution < 1.29 is 24.5 Å². The van der Waals surface area contributed by atoms with Crippen molar-refractivity contribution in [1.29, 1.82) is 0 Å². The number of nitrogens with one attached hydrogen (secondary N) is 1. The number of allylic oxidation sites excluding steroid dienone is 5. The average molecular weight is 1070 g/mol. The van der Waals surface area contributed by atoms with Crippen molar-refractivity contribution in [3.8, 4) is 0 Å². The van der Waals surface area contributed by atoms with Crippen molar-refractivity contribution in [3.63, 3.8) is 0 Å². The van der Waals surface area contributed by atoms with Crippen LogP contribution in [-0.4, -0.2) is 47.4 Å². The lowest BCUT2D eigenvalue weighted by molar-refractivity contribution is -0.143. The number of carbonyl (C=O) groups is 2. The summed E-state index contributed by atoms with van der Waals surface area (Å²) < 4.78 is 5.50. The predicted molar refractivity (Wildman–Crippen MR) is 333 cm³/mol. The van der Waals surface area contributed by atoms with Crippen molar-refractivity contribution in [1.82, 2.24) is 5.32 Å². The molecule has 76 heavy (non-hydrogen) atoms. The van der Waals surface area contributed by atoms with Gasteiger partial charge in [0.05, 0.1) is 25.4 Å². The molecule has 0 aliphatic rings. The first-order valence-electron chi connectivity index (χ1n) is 34.3. The number of carbonyl (C=O) groups excluding carboxylic acids is 2. The summed E-state index contributed by atoms with van der Waals surface area (Å²) in [5.74, 6) is -0.0565. The van der Waals surface area contributed by atoms with E-state index in [1.807, 2.05) is 6.08 Å². The SMILES string of the molecule is CCCCC/C=C\C/C=C\CCCCCCCCCC(=O)OCCCCCCCCCCCCCCCCCCCCCCCCCCC(=O)NC(CO)C(O)/C=C/CCCCCCCCCCCCCCCCCC. The summed E-state index contributed by atoms with van der Waals surface area (Å²) >= 11 is 0. The summed E-state index contributed by atoms with van der Waals surface area (Å²) in [6, 6.07) is -0.628. The Balaban J connectivity index is 3.39. The van der Waals surface area contributed by atoms with Crippen LogP contribution in [0.3, 0.4) is 0 Å². The molecule has 0 spiro atoms. The molecule has 0 heterocycles. The molecule has 0 saturated carbocycles. The molecule has 6 heteroatoms. The third-order valence-corrected chi connectivity index (χ3v) is 15.9. The van der Waals surface area contributed by atoms with Gasteiger partial charge < -0.3 is 20.3 Å². The van der Waals surface area contributed by atoms with E-state index in [9.17, 15) is 19.8 Å². The maximum absolute atomic E-state index is 12.5. The van der Waals surface area contributed by atoms with Crippen LogP contribution in [0, 0.1) is 0 Å². The molecule has 0 bridgehead atoms. The molecule has 0 aromatic carbocycles. The number of aliphatic hydroxyl groups excluding tert-OH is 2. The number of ether oxygens (including phenoxy) is 1. The van der Waals surface area contributed by atoms with Gasteiger partial charge in [0.15, 0.2) is 0 Å². The van der Waals surface area contributed by atoms with Gasteiger partial charge in [0.2, 0.25) is 5.91 Å². The van der Waals surface area contributed by atoms with E-state index in [-0.39, 0.29) is 18.5 Å². The minimum atomic E-state index is -0.844. The summed E-state index contributed by atoms with van der Waals surface area (Å²) in [5.41, 5.74) is 0. The van der Waals surface area contributed by atoms with Crippen LogP contribution < -0.4 is 5.32 Å². The van der Waals surface area contributed by atoms with Gasteiger partial charge in [-0.15, -0.1) is 0 Å². The van der Waals surface area contributed by atoms with E-state index in [1.54, 1.807) is 6.08 Å². The Kier molecular flexibility index (Phi) is 63.9. The van der Waals surface area contributed by atoms with Gasteiger partial charge in [-0.1, -0.05) is 333 Å². The fraction of sp³-hybridized carbons (Fsp3) is 0.886. The average Bonchev–Trinajstić information content (AvgIpc) is 3.42. The molecule has 1 amide bonds. The van der Waals surface area contributed by atoms with E-state index >= 15 is 0 Å². The molecular formula is C70H133NO5. The number of hydrogen-bond acceptors (Lipinski definition) is 5. The highest BCUT2D eigenvalue weighted by atomic mass is 16.5. The monoisotopic (exact) mass is 1070 g/mol. The van der Waals surface area contributed by atoms with Crippen molar-refractivity contribution in [3.05, 3.63) is 36.5 Å². The Hall–Kier alpha value is -1.92. The summed E-state index contributed by atoms with van der Waals surface area (Å²) in [6.45, 7) is 4.90. The van der Waals surface area contributed by atoms with E-state index in [0.717, 1.165) is 51.4 Å². The third kappa shape index (κ3) is 61.3. The predicted octanol–water partition coefficient (Wildman–Crippen LogP) is 21.9. The van der Waals surface area contributed by atoms with E-state index < -0.39 is 12.1 Å². The number of unbranched alkanes of at least 4 members (excludes halogenated alkanes) is 49. The molecule has 3 N–H and O–H groups in total. The van der Waals surface area contributed by atoms with Crippen molar-refractivity contribution in [2.45, 2.75) is 386 Å². The van der Waals surface area contributed by atoms with Gasteiger partial charge in [-0.3, -0.25) is 9.59 Å². The Morgan fingerprint density at radius 3 is 1.03 bits per heavy atom. The minimum Gasteiger partial charge on any atom is -0.466 e. The number of rotatable bonds is 64. The second-order valence-electron chi connectivity index (χ2n) is 23.5. The second-order valence-corrected chi connectivity index (χ2v) is 23.5. The number of amides is 1. The first kappa shape index (κ1) is 74.1. The minimum absolute atomic E-state index is 0.00761. The topological polar surface area (TPSA) is 95.9 Å². The molecule has 0 rings (SSSR count). The van der Waals surface area contributed by atoms with Crippen LogP contribution in [0.2, 0.25) is 0 Å². The molecular weight excluding hydrogens is 935 g/mol. The van der Waals surface area contributed by atoms with Crippen LogP contribution in [-0.2, 0) is 14.3 Å². The molecule has 0 radical (unpaired) electrons. The fourth-order valence-corrected chi connectivity index (χ4v) is 10.7. The largest absolute Gasteiger partial charge is 0.466 e. The highest BCUT2D eigenvalue weighted by molar-refractivity contribution is 5.76. The van der Waals surface area contributed by atoms with Gasteiger partial charge in [-0.2, -0.15) is 0 Å². The van der Waals surface area contributed by atoms with Crippen LogP contribution >= 0.6 is 0 Å². The Morgan fingerprint density at radius 2 is 0.658 bits per heavy atom. The smallest absolute Gasteiger partial charge is 0.305 e. The van der Waals surface area contributed by atoms with Gasteiger partial charge in [0.1, 0.15) is 0 Å². The highest BCUT2D eigenvalue weighted by Crippen LogP contribution is 2.18. The lowest BCUT2D eigenvalue weighted by Crippen LogP contribution is -2.45. The summed E-state index contributed by atoms with van der Waals surface area (Å²) in [4.78, 5) is 24.6. The van der Waals surface area contributed by atoms with Gasteiger partial charge in [0.25, 0.3) is 0 Å². The van der Waals surface area contributed by atoms with Crippen molar-refractivity contribution >= 4 is 11.9 Å². The van der Waals surface area contributed by atoms with Crippen molar-refractivity contribution in [2.75, 3.05) is 13.2 Å². The van der Waals surface area contributed by atoms with E-state index in [1.165, 1.54) is 295 Å². The molecule has 0 aromatic heterocycles. The van der Waals surface area contributed by atoms with Gasteiger partial charge in [-0.05, 0) is 64.2 Å². The van der Waals surface area contributed by atoms with Gasteiger partial charge in [0, 0.05) is 12.8 Å². The van der Waals surface area contributed by atoms with Crippen LogP contribution in [0.25, 0.3) is 0 Å². The normalized spacial score (nSPS) is 12.7. The van der Waals surface area contributed by atoms with E-state index in [0.29, 0.717) is 19.4 Å². The number of hydrogen-bond donors (Lipinski definition) is 3. The summed E-state index contributed by atoms with van der Waals surface area (Å²) in [7, 11) is 0. The fourth-order valence-electron chi connectivity index (χ4n) is 10.7. The zero-order chi connectivity index (χ0) is 55.0. The maximum Gasteiger partial charge on any atom is 0.305 e. The Morgan fingerprint density at radius 1 is 0.368 bits per heavy atom. The van der Waals surface area contributed by atoms with Crippen LogP contribution in [0.5, 0.6) is 0 Å². The zero-order valence-electron chi connectivity index (χ0n) is 51.3. The summed E-state index contributed by atoms with van der Waals surface area (Å²) in [6.07, 6.45) is 83.5. The first-order valence-corrected chi connectivity index (χ1v) is 34.3. The maximum atomic E-state index is 12.5. The van der Waals surface area contributed by atoms with Crippen molar-refractivity contribution in [2.24, 2.45) is 0 Å². The molecule has 0 saturated heterocycles. The van der Waals surface area contributed by atoms with Crippen LogP contribution in [0.1, 0.15) is 373 Å². The number of esters is 1. The van der Waals surface area contributed by atoms with Gasteiger partial charge in [-0.25, -0.2) is 0 Å². The first-order chi connectivity index (χ1) is 37.5. The molecule has 6 nitrogen and oxygen atoms in total. The van der Waals surface area contributed by atoms with E-state index in [2.05, 4.69) is 43.5 Å². The molecule has 2 unspecified atom stereocenters. The third-order valence-electron chi connectivity index (χ3n) is 15.9. The van der Waals surface area contributed by atoms with Crippen LogP contribution in [0.4, 0.5) is 0 Å². The molecule has 448 valence electrons. The molecule has 0 aliphatic heterocycles. The summed E-state index contributed by atoms with van der Waals surface area (Å²) in [5, 5.41) is 23.2. The molecule has 0 aromatic rings. The molecule has 0 aliphatic carbocycles. The lowest BCUT2D eigenvalue weighted by Gasteiger charge is -2.20. The highest BCUT2D eigenvalue weighted by Gasteiger charge is 2.18. The molecule has 0 fully saturated rings. The number of aliphatic hydroxyl groups is 2. The van der Waals surface area contributed by atoms with E-state index in [4.69, 9.17) is 4.74 Å². The standard InChI is InChI=1S/C70H133NO5/c1-3-5-7-9-11-13-15-17-19-21-31-34-38-42-46-50-54-58-62-68(73)67(66-72)71-69(74)63-59-55-51-47-43-39-35-32-28-26-24-22-23-25-27-29-33-37-41-45-49-53-57-61-65-76-70(75)64-60-56-52-48-44-40-36-30-20-18-16-14-12-10-8-6-4-2/h12,14,18,20,58,62,67-68,72-73H,3-11,13,15-17,19,21-57,59-61,63-66H2,1-2H3,(H,71,74)/b14-12-,20-18-,62-58+. The Bertz CT molecular complexity index is 1230. The zero-order valence-corrected chi connectivity index (χ0v) is 51.3. The van der Waals surface area contributed by atoms with Gasteiger partial charge >= 0.3 is 5.97 Å². The molecule has 2 atom stereocenters.